The number of nitrogens with one attached hydrogen (secondary N) is 2. The Balaban J connectivity index is 1.62. The van der Waals surface area contributed by atoms with Gasteiger partial charge in [0.05, 0.1) is 6.61 Å². The van der Waals surface area contributed by atoms with E-state index in [1.165, 1.54) is 7.11 Å². The summed E-state index contributed by atoms with van der Waals surface area (Å²) in [6.07, 6.45) is -0.461. The predicted molar refractivity (Wildman–Crippen MR) is 114 cm³/mol. The molecule has 2 atom stereocenters. The number of carboxylic acids is 1. The molecule has 0 heterocycles. The van der Waals surface area contributed by atoms with Crippen molar-refractivity contribution in [3.63, 3.8) is 0 Å². The van der Waals surface area contributed by atoms with Crippen molar-refractivity contribution in [1.29, 1.82) is 0 Å². The maximum atomic E-state index is 12.4. The summed E-state index contributed by atoms with van der Waals surface area (Å²) in [7, 11) is 1.34. The molecular formula is C23H26N2O6. The van der Waals surface area contributed by atoms with Crippen LogP contribution < -0.4 is 10.6 Å². The van der Waals surface area contributed by atoms with Crippen molar-refractivity contribution in [3.8, 4) is 11.1 Å². The van der Waals surface area contributed by atoms with Gasteiger partial charge in [-0.05, 0) is 28.7 Å². The first-order valence-corrected chi connectivity index (χ1v) is 10.1. The van der Waals surface area contributed by atoms with Gasteiger partial charge in [0.15, 0.2) is 6.04 Å². The number of fused-ring (bicyclic) bond motifs is 3. The highest BCUT2D eigenvalue weighted by Gasteiger charge is 2.30. The van der Waals surface area contributed by atoms with Crippen molar-refractivity contribution in [2.45, 2.75) is 31.3 Å². The number of carbonyl (C=O) groups is 3. The lowest BCUT2D eigenvalue weighted by Gasteiger charge is -2.20. The molecule has 8 nitrogen and oxygen atoms in total. The van der Waals surface area contributed by atoms with Crippen LogP contribution in [-0.2, 0) is 19.1 Å². The fraction of sp³-hybridized carbons (Fsp3) is 0.348. The van der Waals surface area contributed by atoms with Gasteiger partial charge in [0.25, 0.3) is 0 Å². The maximum absolute atomic E-state index is 12.4. The molecule has 1 unspecified atom stereocenters. The smallest absolute Gasteiger partial charge is 0.407 e. The molecule has 0 spiro atoms. The number of carbonyl (C=O) groups excluding carboxylic acids is 2. The molecule has 8 heteroatoms. The molecule has 0 aromatic heterocycles. The van der Waals surface area contributed by atoms with Crippen molar-refractivity contribution in [3.05, 3.63) is 59.7 Å². The molecule has 0 bridgehead atoms. The molecule has 1 aliphatic carbocycles. The Hall–Kier alpha value is -3.39. The van der Waals surface area contributed by atoms with Crippen LogP contribution >= 0.6 is 0 Å². The zero-order valence-corrected chi connectivity index (χ0v) is 17.5. The molecule has 0 saturated carbocycles. The average molecular weight is 426 g/mol. The Kier molecular flexibility index (Phi) is 7.25. The second-order valence-corrected chi connectivity index (χ2v) is 7.29. The fourth-order valence-corrected chi connectivity index (χ4v) is 3.75. The Morgan fingerprint density at radius 1 is 0.968 bits per heavy atom. The van der Waals surface area contributed by atoms with E-state index in [0.717, 1.165) is 22.3 Å². The van der Waals surface area contributed by atoms with Crippen LogP contribution in [0.2, 0.25) is 0 Å². The van der Waals surface area contributed by atoms with Gasteiger partial charge in [-0.3, -0.25) is 4.79 Å². The number of methoxy groups -OCH3 is 1. The van der Waals surface area contributed by atoms with Gasteiger partial charge in [0.2, 0.25) is 5.91 Å². The molecule has 3 rings (SSSR count). The molecule has 3 N–H and O–H groups in total. The molecule has 0 radical (unpaired) electrons. The second-order valence-electron chi connectivity index (χ2n) is 7.29. The second kappa shape index (κ2) is 10.1. The van der Waals surface area contributed by atoms with E-state index in [9.17, 15) is 14.4 Å². The lowest BCUT2D eigenvalue weighted by molar-refractivity contribution is -0.143. The van der Waals surface area contributed by atoms with Crippen molar-refractivity contribution >= 4 is 18.0 Å². The van der Waals surface area contributed by atoms with E-state index in [0.29, 0.717) is 0 Å². The third-order valence-electron chi connectivity index (χ3n) is 5.31. The highest BCUT2D eigenvalue weighted by Crippen LogP contribution is 2.44. The minimum atomic E-state index is -1.22. The van der Waals surface area contributed by atoms with E-state index >= 15 is 0 Å². The molecule has 0 saturated heterocycles. The zero-order valence-electron chi connectivity index (χ0n) is 17.5. The number of aliphatic carboxylic acids is 1. The van der Waals surface area contributed by atoms with E-state index in [-0.39, 0.29) is 25.6 Å². The first kappa shape index (κ1) is 22.3. The number of hydrogen-bond donors (Lipinski definition) is 3. The van der Waals surface area contributed by atoms with Crippen molar-refractivity contribution in [1.82, 2.24) is 10.6 Å². The SMILES string of the molecule is CC[C@H](NC(=O)OCC1c2ccccc2-c2ccccc21)C(=O)NC(COC)C(=O)O. The highest BCUT2D eigenvalue weighted by molar-refractivity contribution is 5.89. The Bertz CT molecular complexity index is 915. The van der Waals surface area contributed by atoms with Gasteiger partial charge >= 0.3 is 12.1 Å². The molecule has 2 aromatic rings. The van der Waals surface area contributed by atoms with E-state index in [1.807, 2.05) is 48.5 Å². The number of alkyl carbamates (subject to hydrolysis) is 1. The fourth-order valence-electron chi connectivity index (χ4n) is 3.75. The molecule has 2 aromatic carbocycles. The molecule has 31 heavy (non-hydrogen) atoms. The van der Waals surface area contributed by atoms with Crippen LogP contribution in [0, 0.1) is 0 Å². The molecule has 0 aliphatic heterocycles. The monoisotopic (exact) mass is 426 g/mol. The standard InChI is InChI=1S/C23H26N2O6/c1-3-19(21(26)24-20(13-30-2)22(27)28)25-23(29)31-12-18-16-10-6-4-8-14(16)15-9-5-7-11-17(15)18/h4-11,18-20H,3,12-13H2,1-2H3,(H,24,26)(H,25,29)(H,27,28)/t19-,20?/m0/s1. The van der Waals surface area contributed by atoms with Crippen LogP contribution in [0.4, 0.5) is 4.79 Å². The Morgan fingerprint density at radius 3 is 2.06 bits per heavy atom. The molecular weight excluding hydrogens is 400 g/mol. The average Bonchev–Trinajstić information content (AvgIpc) is 3.09. The summed E-state index contributed by atoms with van der Waals surface area (Å²) in [6.45, 7) is 1.65. The van der Waals surface area contributed by atoms with E-state index in [1.54, 1.807) is 6.92 Å². The highest BCUT2D eigenvalue weighted by atomic mass is 16.5. The van der Waals surface area contributed by atoms with Gasteiger partial charge in [0, 0.05) is 13.0 Å². The van der Waals surface area contributed by atoms with Crippen LogP contribution in [0.25, 0.3) is 11.1 Å². The third-order valence-corrected chi connectivity index (χ3v) is 5.31. The largest absolute Gasteiger partial charge is 0.480 e. The van der Waals surface area contributed by atoms with E-state index in [2.05, 4.69) is 10.6 Å². The van der Waals surface area contributed by atoms with Crippen LogP contribution in [-0.4, -0.2) is 55.5 Å². The summed E-state index contributed by atoms with van der Waals surface area (Å²) in [5.41, 5.74) is 4.42. The van der Waals surface area contributed by atoms with Crippen LogP contribution in [0.5, 0.6) is 0 Å². The number of benzene rings is 2. The normalized spacial score (nSPS) is 14.1. The van der Waals surface area contributed by atoms with Gasteiger partial charge in [-0.15, -0.1) is 0 Å². The summed E-state index contributed by atoms with van der Waals surface area (Å²) in [5.74, 6) is -1.92. The quantitative estimate of drug-likeness (QED) is 0.568. The summed E-state index contributed by atoms with van der Waals surface area (Å²) >= 11 is 0. The van der Waals surface area contributed by atoms with E-state index in [4.69, 9.17) is 14.6 Å². The summed E-state index contributed by atoms with van der Waals surface area (Å²) in [5, 5.41) is 14.0. The third kappa shape index (κ3) is 5.03. The Morgan fingerprint density at radius 2 is 1.55 bits per heavy atom. The maximum Gasteiger partial charge on any atom is 0.407 e. The van der Waals surface area contributed by atoms with Crippen molar-refractivity contribution in [2.75, 3.05) is 20.3 Å². The lowest BCUT2D eigenvalue weighted by Crippen LogP contribution is -2.52. The molecule has 1 aliphatic rings. The minimum absolute atomic E-state index is 0.0925. The van der Waals surface area contributed by atoms with Crippen LogP contribution in [0.3, 0.4) is 0 Å². The van der Waals surface area contributed by atoms with Gasteiger partial charge in [0.1, 0.15) is 12.6 Å². The number of carboxylic acid groups (broad SMARTS) is 1. The van der Waals surface area contributed by atoms with Crippen molar-refractivity contribution in [2.24, 2.45) is 0 Å². The van der Waals surface area contributed by atoms with Gasteiger partial charge < -0.3 is 25.2 Å². The molecule has 0 fully saturated rings. The van der Waals surface area contributed by atoms with Gasteiger partial charge in [-0.1, -0.05) is 55.5 Å². The van der Waals surface area contributed by atoms with Crippen LogP contribution in [0.15, 0.2) is 48.5 Å². The van der Waals surface area contributed by atoms with Crippen molar-refractivity contribution < 1.29 is 29.0 Å². The van der Waals surface area contributed by atoms with Crippen LogP contribution in [0.1, 0.15) is 30.4 Å². The summed E-state index contributed by atoms with van der Waals surface area (Å²) < 4.78 is 10.3. The minimum Gasteiger partial charge on any atom is -0.480 e. The predicted octanol–water partition coefficient (Wildman–Crippen LogP) is 2.52. The zero-order chi connectivity index (χ0) is 22.4. The van der Waals surface area contributed by atoms with Gasteiger partial charge in [-0.2, -0.15) is 0 Å². The summed E-state index contributed by atoms with van der Waals surface area (Å²) in [6, 6.07) is 13.9. The number of rotatable bonds is 9. The number of amides is 2. The topological polar surface area (TPSA) is 114 Å². The first-order chi connectivity index (χ1) is 15.0. The number of ether oxygens (including phenoxy) is 2. The first-order valence-electron chi connectivity index (χ1n) is 10.1. The van der Waals surface area contributed by atoms with E-state index < -0.39 is 30.1 Å². The number of hydrogen-bond acceptors (Lipinski definition) is 5. The molecule has 164 valence electrons. The Labute approximate surface area is 180 Å². The summed E-state index contributed by atoms with van der Waals surface area (Å²) in [4.78, 5) is 36.0. The van der Waals surface area contributed by atoms with Gasteiger partial charge in [-0.25, -0.2) is 9.59 Å². The molecule has 2 amide bonds. The lowest BCUT2D eigenvalue weighted by atomic mass is 9.98.